The molecular weight excluding hydrogens is 303 g/mol. The van der Waals surface area contributed by atoms with Gasteiger partial charge in [0.2, 0.25) is 0 Å². The molecule has 2 rings (SSSR count). The molecule has 0 amide bonds. The van der Waals surface area contributed by atoms with Gasteiger partial charge < -0.3 is 5.32 Å². The van der Waals surface area contributed by atoms with Crippen LogP contribution in [0.4, 0.5) is 13.2 Å². The molecule has 1 aromatic carbocycles. The Kier molecular flexibility index (Phi) is 4.63. The first-order chi connectivity index (χ1) is 9.76. The fourth-order valence-electron chi connectivity index (χ4n) is 2.81. The molecule has 21 heavy (non-hydrogen) atoms. The number of halogens is 3. The Morgan fingerprint density at radius 2 is 1.67 bits per heavy atom. The lowest BCUT2D eigenvalue weighted by Gasteiger charge is -2.30. The van der Waals surface area contributed by atoms with Crippen LogP contribution in [0.25, 0.3) is 0 Å². The number of rotatable bonds is 3. The molecule has 7 heteroatoms. The zero-order valence-corrected chi connectivity index (χ0v) is 12.5. The third-order valence-electron chi connectivity index (χ3n) is 3.98. The van der Waals surface area contributed by atoms with Crippen molar-refractivity contribution in [1.82, 2.24) is 5.32 Å². The average molecular weight is 321 g/mol. The van der Waals surface area contributed by atoms with Gasteiger partial charge in [0.1, 0.15) is 0 Å². The molecule has 3 nitrogen and oxygen atoms in total. The molecule has 0 aromatic heterocycles. The minimum absolute atomic E-state index is 0.0392. The van der Waals surface area contributed by atoms with Crippen LogP contribution < -0.4 is 5.32 Å². The lowest BCUT2D eigenvalue weighted by Crippen LogP contribution is -2.44. The number of sulfone groups is 1. The van der Waals surface area contributed by atoms with Gasteiger partial charge >= 0.3 is 6.18 Å². The zero-order valence-electron chi connectivity index (χ0n) is 11.7. The summed E-state index contributed by atoms with van der Waals surface area (Å²) in [5, 5.41) is 2.43. The van der Waals surface area contributed by atoms with Crippen LogP contribution >= 0.6 is 0 Å². The van der Waals surface area contributed by atoms with Crippen LogP contribution in [-0.4, -0.2) is 26.8 Å². The van der Waals surface area contributed by atoms with E-state index < -0.39 is 26.8 Å². The molecule has 0 heterocycles. The second-order valence-electron chi connectivity index (χ2n) is 5.29. The van der Waals surface area contributed by atoms with E-state index in [-0.39, 0.29) is 10.9 Å². The van der Waals surface area contributed by atoms with Gasteiger partial charge in [0, 0.05) is 6.04 Å². The molecule has 0 bridgehead atoms. The first-order valence-corrected chi connectivity index (χ1v) is 8.40. The van der Waals surface area contributed by atoms with E-state index in [0.29, 0.717) is 6.42 Å². The van der Waals surface area contributed by atoms with Crippen LogP contribution in [0.2, 0.25) is 0 Å². The fraction of sp³-hybridized carbons (Fsp3) is 0.571. The number of alkyl halides is 3. The summed E-state index contributed by atoms with van der Waals surface area (Å²) < 4.78 is 62.8. The van der Waals surface area contributed by atoms with Crippen LogP contribution in [0.15, 0.2) is 29.2 Å². The maximum absolute atomic E-state index is 12.6. The van der Waals surface area contributed by atoms with Gasteiger partial charge in [-0.2, -0.15) is 13.2 Å². The zero-order chi connectivity index (χ0) is 15.7. The normalized spacial score (nSPS) is 24.0. The molecule has 0 radical (unpaired) electrons. The van der Waals surface area contributed by atoms with Crippen molar-refractivity contribution in [2.45, 2.75) is 48.0 Å². The van der Waals surface area contributed by atoms with Gasteiger partial charge in [-0.25, -0.2) is 8.42 Å². The topological polar surface area (TPSA) is 46.2 Å². The highest BCUT2D eigenvalue weighted by Gasteiger charge is 2.36. The van der Waals surface area contributed by atoms with Crippen molar-refractivity contribution in [2.75, 3.05) is 7.05 Å². The van der Waals surface area contributed by atoms with Crippen LogP contribution in [-0.2, 0) is 16.0 Å². The largest absolute Gasteiger partial charge is 0.416 e. The third-order valence-corrected chi connectivity index (χ3v) is 6.27. The minimum atomic E-state index is -4.46. The molecule has 118 valence electrons. The third kappa shape index (κ3) is 3.40. The predicted octanol–water partition coefficient (Wildman–Crippen LogP) is 3.01. The standard InChI is InChI=1S/C14H18F3NO2S/c1-18-12-4-2-3-5-13(12)21(19,20)11-8-6-10(7-9-11)14(15,16)17/h6-9,12-13,18H,2-5H2,1H3. The second kappa shape index (κ2) is 5.96. The average Bonchev–Trinajstić information content (AvgIpc) is 2.46. The number of hydrogen-bond acceptors (Lipinski definition) is 3. The maximum Gasteiger partial charge on any atom is 0.416 e. The molecule has 2 unspecified atom stereocenters. The van der Waals surface area contributed by atoms with Gasteiger partial charge in [-0.3, -0.25) is 0 Å². The Morgan fingerprint density at radius 1 is 1.10 bits per heavy atom. The van der Waals surface area contributed by atoms with Crippen LogP contribution in [0.5, 0.6) is 0 Å². The van der Waals surface area contributed by atoms with Crippen molar-refractivity contribution >= 4 is 9.84 Å². The quantitative estimate of drug-likeness (QED) is 0.931. The van der Waals surface area contributed by atoms with Crippen molar-refractivity contribution in [2.24, 2.45) is 0 Å². The summed E-state index contributed by atoms with van der Waals surface area (Å²) in [6, 6.07) is 3.61. The highest BCUT2D eigenvalue weighted by molar-refractivity contribution is 7.92. The van der Waals surface area contributed by atoms with E-state index in [9.17, 15) is 21.6 Å². The monoisotopic (exact) mass is 321 g/mol. The van der Waals surface area contributed by atoms with E-state index in [1.807, 2.05) is 0 Å². The van der Waals surface area contributed by atoms with E-state index in [1.165, 1.54) is 0 Å². The number of benzene rings is 1. The highest BCUT2D eigenvalue weighted by Crippen LogP contribution is 2.32. The van der Waals surface area contributed by atoms with Crippen molar-refractivity contribution in [3.05, 3.63) is 29.8 Å². The first-order valence-electron chi connectivity index (χ1n) is 6.85. The molecule has 0 aliphatic heterocycles. The first kappa shape index (κ1) is 16.3. The van der Waals surface area contributed by atoms with Crippen molar-refractivity contribution < 1.29 is 21.6 Å². The SMILES string of the molecule is CNC1CCCCC1S(=O)(=O)c1ccc(C(F)(F)F)cc1. The minimum Gasteiger partial charge on any atom is -0.316 e. The summed E-state index contributed by atoms with van der Waals surface area (Å²) >= 11 is 0. The summed E-state index contributed by atoms with van der Waals surface area (Å²) in [4.78, 5) is -0.0392. The molecule has 2 atom stereocenters. The molecular formula is C14H18F3NO2S. The maximum atomic E-state index is 12.6. The van der Waals surface area contributed by atoms with E-state index >= 15 is 0 Å². The van der Waals surface area contributed by atoms with Gasteiger partial charge in [0.25, 0.3) is 0 Å². The molecule has 1 fully saturated rings. The molecule has 1 aliphatic carbocycles. The van der Waals surface area contributed by atoms with Gasteiger partial charge in [-0.1, -0.05) is 12.8 Å². The Morgan fingerprint density at radius 3 is 2.19 bits per heavy atom. The molecule has 0 saturated heterocycles. The van der Waals surface area contributed by atoms with Crippen LogP contribution in [0.3, 0.4) is 0 Å². The van der Waals surface area contributed by atoms with E-state index in [2.05, 4.69) is 5.32 Å². The number of nitrogens with one attached hydrogen (secondary N) is 1. The van der Waals surface area contributed by atoms with Gasteiger partial charge in [-0.15, -0.1) is 0 Å². The lowest BCUT2D eigenvalue weighted by atomic mass is 9.95. The second-order valence-corrected chi connectivity index (χ2v) is 7.45. The summed E-state index contributed by atoms with van der Waals surface area (Å²) in [7, 11) is -1.90. The molecule has 0 spiro atoms. The lowest BCUT2D eigenvalue weighted by molar-refractivity contribution is -0.137. The predicted molar refractivity (Wildman–Crippen MR) is 73.7 cm³/mol. The van der Waals surface area contributed by atoms with Crippen molar-refractivity contribution in [3.8, 4) is 0 Å². The fourth-order valence-corrected chi connectivity index (χ4v) is 4.85. The summed E-state index contributed by atoms with van der Waals surface area (Å²) in [6.45, 7) is 0. The summed E-state index contributed by atoms with van der Waals surface area (Å²) in [5.74, 6) is 0. The van der Waals surface area contributed by atoms with Gasteiger partial charge in [-0.05, 0) is 44.2 Å². The molecule has 1 N–H and O–H groups in total. The Bertz CT molecular complexity index is 581. The van der Waals surface area contributed by atoms with Crippen LogP contribution in [0.1, 0.15) is 31.2 Å². The van der Waals surface area contributed by atoms with Crippen LogP contribution in [0, 0.1) is 0 Å². The van der Waals surface area contributed by atoms with Gasteiger partial charge in [0.05, 0.1) is 15.7 Å². The highest BCUT2D eigenvalue weighted by atomic mass is 32.2. The molecule has 1 aliphatic rings. The molecule has 1 saturated carbocycles. The Balaban J connectivity index is 2.31. The van der Waals surface area contributed by atoms with Crippen molar-refractivity contribution in [1.29, 1.82) is 0 Å². The van der Waals surface area contributed by atoms with Gasteiger partial charge in [0.15, 0.2) is 9.84 Å². The van der Waals surface area contributed by atoms with E-state index in [4.69, 9.17) is 0 Å². The van der Waals surface area contributed by atoms with E-state index in [1.54, 1.807) is 7.05 Å². The Labute approximate surface area is 122 Å². The summed E-state index contributed by atoms with van der Waals surface area (Å²) in [5.41, 5.74) is -0.838. The Hall–Kier alpha value is -1.08. The smallest absolute Gasteiger partial charge is 0.316 e. The molecule has 1 aromatic rings. The summed E-state index contributed by atoms with van der Waals surface area (Å²) in [6.07, 6.45) is -1.37. The van der Waals surface area contributed by atoms with E-state index in [0.717, 1.165) is 43.5 Å². The number of hydrogen-bond donors (Lipinski definition) is 1. The van der Waals surface area contributed by atoms with Crippen molar-refractivity contribution in [3.63, 3.8) is 0 Å².